The van der Waals surface area contributed by atoms with Crippen molar-refractivity contribution >= 4 is 5.91 Å². The van der Waals surface area contributed by atoms with Crippen molar-refractivity contribution in [3.8, 4) is 0 Å². The summed E-state index contributed by atoms with van der Waals surface area (Å²) in [7, 11) is 1.91. The fourth-order valence-electron chi connectivity index (χ4n) is 1.39. The number of amides is 1. The zero-order valence-electron chi connectivity index (χ0n) is 10.4. The molecule has 0 aliphatic carbocycles. The Bertz CT molecular complexity index is 179. The van der Waals surface area contributed by atoms with Crippen molar-refractivity contribution in [3.63, 3.8) is 0 Å². The molecule has 4 nitrogen and oxygen atoms in total. The number of aliphatic hydroxyl groups is 1. The number of rotatable bonds is 7. The van der Waals surface area contributed by atoms with E-state index >= 15 is 0 Å². The average molecular weight is 216 g/mol. The largest absolute Gasteiger partial charge is 0.393 e. The van der Waals surface area contributed by atoms with Crippen LogP contribution in [0.2, 0.25) is 0 Å². The van der Waals surface area contributed by atoms with Crippen LogP contribution in [0.1, 0.15) is 27.2 Å². The van der Waals surface area contributed by atoms with Crippen LogP contribution in [0, 0.1) is 0 Å². The van der Waals surface area contributed by atoms with E-state index in [1.54, 1.807) is 6.92 Å². The second-order valence-electron chi connectivity index (χ2n) is 3.94. The Balaban J connectivity index is 3.84. The Hall–Kier alpha value is -0.610. The lowest BCUT2D eigenvalue weighted by Crippen LogP contribution is -2.39. The minimum atomic E-state index is -0.295. The highest BCUT2D eigenvalue weighted by Crippen LogP contribution is 1.96. The molecule has 1 atom stereocenters. The average Bonchev–Trinajstić information content (AvgIpc) is 2.16. The molecule has 0 aromatic rings. The van der Waals surface area contributed by atoms with Crippen LogP contribution in [0.15, 0.2) is 0 Å². The second-order valence-corrected chi connectivity index (χ2v) is 3.94. The molecule has 0 radical (unpaired) electrons. The van der Waals surface area contributed by atoms with Gasteiger partial charge in [0.2, 0.25) is 5.91 Å². The SMILES string of the molecule is CCN(CC)C(=O)CN(C)CCC(C)O. The first kappa shape index (κ1) is 14.4. The van der Waals surface area contributed by atoms with Crippen molar-refractivity contribution in [2.75, 3.05) is 33.2 Å². The predicted molar refractivity (Wildman–Crippen MR) is 61.7 cm³/mol. The maximum absolute atomic E-state index is 11.7. The van der Waals surface area contributed by atoms with Gasteiger partial charge in [-0.25, -0.2) is 0 Å². The van der Waals surface area contributed by atoms with Crippen molar-refractivity contribution in [3.05, 3.63) is 0 Å². The molecule has 0 heterocycles. The number of likely N-dealkylation sites (N-methyl/N-ethyl adjacent to an activating group) is 2. The molecular formula is C11H24N2O2. The Morgan fingerprint density at radius 3 is 2.27 bits per heavy atom. The normalized spacial score (nSPS) is 12.9. The molecule has 0 spiro atoms. The molecule has 0 saturated heterocycles. The van der Waals surface area contributed by atoms with E-state index in [1.807, 2.05) is 30.7 Å². The van der Waals surface area contributed by atoms with Gasteiger partial charge in [0, 0.05) is 19.6 Å². The highest BCUT2D eigenvalue weighted by molar-refractivity contribution is 5.78. The summed E-state index contributed by atoms with van der Waals surface area (Å²) in [4.78, 5) is 15.5. The Morgan fingerprint density at radius 2 is 1.87 bits per heavy atom. The molecule has 1 unspecified atom stereocenters. The van der Waals surface area contributed by atoms with E-state index in [2.05, 4.69) is 0 Å². The number of carbonyl (C=O) groups excluding carboxylic acids is 1. The first-order chi connectivity index (χ1) is 7.01. The minimum absolute atomic E-state index is 0.160. The van der Waals surface area contributed by atoms with Gasteiger partial charge in [0.15, 0.2) is 0 Å². The van der Waals surface area contributed by atoms with E-state index in [4.69, 9.17) is 5.11 Å². The van der Waals surface area contributed by atoms with Crippen molar-refractivity contribution in [2.45, 2.75) is 33.3 Å². The fraction of sp³-hybridized carbons (Fsp3) is 0.909. The van der Waals surface area contributed by atoms with Crippen LogP contribution in [0.3, 0.4) is 0 Å². The maximum atomic E-state index is 11.7. The standard InChI is InChI=1S/C11H24N2O2/c1-5-13(6-2)11(15)9-12(4)8-7-10(3)14/h10,14H,5-9H2,1-4H3. The summed E-state index contributed by atoms with van der Waals surface area (Å²) in [6.45, 7) is 8.45. The molecule has 0 rings (SSSR count). The predicted octanol–water partition coefficient (Wildman–Crippen LogP) is 0.557. The molecule has 0 fully saturated rings. The quantitative estimate of drug-likeness (QED) is 0.676. The second kappa shape index (κ2) is 7.65. The number of carbonyl (C=O) groups is 1. The van der Waals surface area contributed by atoms with Crippen LogP contribution in [0.4, 0.5) is 0 Å². The van der Waals surface area contributed by atoms with Crippen LogP contribution in [-0.4, -0.2) is 60.1 Å². The maximum Gasteiger partial charge on any atom is 0.236 e. The van der Waals surface area contributed by atoms with Crippen LogP contribution in [-0.2, 0) is 4.79 Å². The van der Waals surface area contributed by atoms with Crippen LogP contribution < -0.4 is 0 Å². The summed E-state index contributed by atoms with van der Waals surface area (Å²) < 4.78 is 0. The van der Waals surface area contributed by atoms with Crippen LogP contribution in [0.5, 0.6) is 0 Å². The van der Waals surface area contributed by atoms with Gasteiger partial charge in [-0.3, -0.25) is 9.69 Å². The molecule has 0 aromatic carbocycles. The van der Waals surface area contributed by atoms with E-state index in [1.165, 1.54) is 0 Å². The molecule has 0 bridgehead atoms. The summed E-state index contributed by atoms with van der Waals surface area (Å²) in [6, 6.07) is 0. The summed E-state index contributed by atoms with van der Waals surface area (Å²) >= 11 is 0. The van der Waals surface area contributed by atoms with Gasteiger partial charge in [0.05, 0.1) is 12.6 Å². The van der Waals surface area contributed by atoms with E-state index in [9.17, 15) is 4.79 Å². The lowest BCUT2D eigenvalue weighted by molar-refractivity contribution is -0.131. The van der Waals surface area contributed by atoms with Gasteiger partial charge in [0.25, 0.3) is 0 Å². The Kier molecular flexibility index (Phi) is 7.34. The van der Waals surface area contributed by atoms with E-state index in [0.29, 0.717) is 13.0 Å². The monoisotopic (exact) mass is 216 g/mol. The topological polar surface area (TPSA) is 43.8 Å². The zero-order chi connectivity index (χ0) is 11.8. The van der Waals surface area contributed by atoms with Crippen molar-refractivity contribution < 1.29 is 9.90 Å². The highest BCUT2D eigenvalue weighted by atomic mass is 16.3. The van der Waals surface area contributed by atoms with Crippen molar-refractivity contribution in [1.29, 1.82) is 0 Å². The Labute approximate surface area is 92.9 Å². The molecule has 0 aliphatic rings. The summed E-state index contributed by atoms with van der Waals surface area (Å²) in [5.74, 6) is 0.160. The molecule has 0 saturated carbocycles. The van der Waals surface area contributed by atoms with E-state index in [0.717, 1.165) is 19.6 Å². The van der Waals surface area contributed by atoms with Gasteiger partial charge in [-0.15, -0.1) is 0 Å². The third-order valence-electron chi connectivity index (χ3n) is 2.45. The molecule has 1 N–H and O–H groups in total. The highest BCUT2D eigenvalue weighted by Gasteiger charge is 2.12. The molecule has 15 heavy (non-hydrogen) atoms. The number of hydrogen-bond acceptors (Lipinski definition) is 3. The minimum Gasteiger partial charge on any atom is -0.393 e. The van der Waals surface area contributed by atoms with E-state index < -0.39 is 0 Å². The van der Waals surface area contributed by atoms with Gasteiger partial charge in [-0.05, 0) is 34.2 Å². The van der Waals surface area contributed by atoms with Gasteiger partial charge in [0.1, 0.15) is 0 Å². The first-order valence-corrected chi connectivity index (χ1v) is 5.65. The van der Waals surface area contributed by atoms with Crippen molar-refractivity contribution in [2.24, 2.45) is 0 Å². The lowest BCUT2D eigenvalue weighted by Gasteiger charge is -2.23. The zero-order valence-corrected chi connectivity index (χ0v) is 10.4. The molecule has 90 valence electrons. The molecule has 4 heteroatoms. The molecule has 0 aromatic heterocycles. The van der Waals surface area contributed by atoms with Crippen LogP contribution in [0.25, 0.3) is 0 Å². The summed E-state index contributed by atoms with van der Waals surface area (Å²) in [6.07, 6.45) is 0.415. The van der Waals surface area contributed by atoms with Gasteiger partial charge in [-0.1, -0.05) is 0 Å². The Morgan fingerprint density at radius 1 is 1.33 bits per heavy atom. The van der Waals surface area contributed by atoms with Gasteiger partial charge >= 0.3 is 0 Å². The van der Waals surface area contributed by atoms with E-state index in [-0.39, 0.29) is 12.0 Å². The third kappa shape index (κ3) is 6.47. The number of hydrogen-bond donors (Lipinski definition) is 1. The van der Waals surface area contributed by atoms with Gasteiger partial charge in [-0.2, -0.15) is 0 Å². The number of nitrogens with zero attached hydrogens (tertiary/aromatic N) is 2. The molecule has 0 aliphatic heterocycles. The van der Waals surface area contributed by atoms with Crippen LogP contribution >= 0.6 is 0 Å². The molecular weight excluding hydrogens is 192 g/mol. The third-order valence-corrected chi connectivity index (χ3v) is 2.45. The smallest absolute Gasteiger partial charge is 0.236 e. The molecule has 1 amide bonds. The fourth-order valence-corrected chi connectivity index (χ4v) is 1.39. The van der Waals surface area contributed by atoms with Gasteiger partial charge < -0.3 is 10.0 Å². The summed E-state index contributed by atoms with van der Waals surface area (Å²) in [5, 5.41) is 9.11. The number of aliphatic hydroxyl groups excluding tert-OH is 1. The summed E-state index contributed by atoms with van der Waals surface area (Å²) in [5.41, 5.74) is 0. The van der Waals surface area contributed by atoms with Crippen molar-refractivity contribution in [1.82, 2.24) is 9.80 Å². The first-order valence-electron chi connectivity index (χ1n) is 5.65. The lowest BCUT2D eigenvalue weighted by atomic mass is 10.3.